The number of ketones is 1. The van der Waals surface area contributed by atoms with Crippen molar-refractivity contribution in [1.29, 1.82) is 0 Å². The number of allylic oxidation sites excluding steroid dienone is 1. The van der Waals surface area contributed by atoms with Crippen LogP contribution in [0, 0.1) is 12.7 Å². The van der Waals surface area contributed by atoms with E-state index in [-0.39, 0.29) is 17.4 Å². The average molecular weight is 383 g/mol. The number of halogens is 1. The molecule has 0 atom stereocenters. The first-order valence-electron chi connectivity index (χ1n) is 9.27. The number of fused-ring (bicyclic) bond motifs is 2. The van der Waals surface area contributed by atoms with Crippen LogP contribution in [0.1, 0.15) is 33.5 Å². The molecule has 28 heavy (non-hydrogen) atoms. The molecule has 5 nitrogen and oxygen atoms in total. The second-order valence-electron chi connectivity index (χ2n) is 7.03. The summed E-state index contributed by atoms with van der Waals surface area (Å²) in [7, 11) is 1.69. The summed E-state index contributed by atoms with van der Waals surface area (Å²) in [5, 5.41) is 0. The smallest absolute Gasteiger partial charge is 0.231 e. The standard InChI is InChI=1S/C22H22FNO4/c1-14-21-16(12-24(13-27-21)8-3-9-26-2)11-18-20(25)19(28-22(14)18)10-15-4-6-17(23)7-5-15/h4-7,10-11H,3,8-9,12-13H2,1-2H3/b19-10-. The molecule has 0 aliphatic carbocycles. The van der Waals surface area contributed by atoms with Crippen molar-refractivity contribution in [2.75, 3.05) is 27.0 Å². The predicted octanol–water partition coefficient (Wildman–Crippen LogP) is 3.94. The van der Waals surface area contributed by atoms with Crippen molar-refractivity contribution < 1.29 is 23.4 Å². The van der Waals surface area contributed by atoms with E-state index in [1.165, 1.54) is 12.1 Å². The molecule has 2 aliphatic rings. The highest BCUT2D eigenvalue weighted by Gasteiger charge is 2.33. The van der Waals surface area contributed by atoms with Gasteiger partial charge in [-0.25, -0.2) is 4.39 Å². The van der Waals surface area contributed by atoms with E-state index >= 15 is 0 Å². The summed E-state index contributed by atoms with van der Waals surface area (Å²) in [6, 6.07) is 7.81. The van der Waals surface area contributed by atoms with Crippen molar-refractivity contribution in [2.45, 2.75) is 19.9 Å². The number of hydrogen-bond donors (Lipinski definition) is 0. The number of carbonyl (C=O) groups is 1. The van der Waals surface area contributed by atoms with Crippen LogP contribution >= 0.6 is 0 Å². The van der Waals surface area contributed by atoms with E-state index in [1.807, 2.05) is 13.0 Å². The van der Waals surface area contributed by atoms with E-state index in [0.29, 0.717) is 30.2 Å². The number of hydrogen-bond acceptors (Lipinski definition) is 5. The van der Waals surface area contributed by atoms with Crippen molar-refractivity contribution >= 4 is 11.9 Å². The van der Waals surface area contributed by atoms with Crippen molar-refractivity contribution in [3.05, 3.63) is 64.2 Å². The number of Topliss-reactive ketones (excluding diaryl/α,β-unsaturated/α-hetero) is 1. The molecule has 6 heteroatoms. The van der Waals surface area contributed by atoms with E-state index in [2.05, 4.69) is 4.90 Å². The molecule has 2 heterocycles. The average Bonchev–Trinajstić information content (AvgIpc) is 3.00. The number of benzene rings is 2. The lowest BCUT2D eigenvalue weighted by atomic mass is 10.00. The Morgan fingerprint density at radius 2 is 2.04 bits per heavy atom. The largest absolute Gasteiger partial charge is 0.477 e. The molecule has 2 aromatic carbocycles. The van der Waals surface area contributed by atoms with Gasteiger partial charge in [-0.1, -0.05) is 12.1 Å². The van der Waals surface area contributed by atoms with Crippen LogP contribution in [0.5, 0.6) is 11.5 Å². The maximum Gasteiger partial charge on any atom is 0.231 e. The first kappa shape index (κ1) is 18.7. The third kappa shape index (κ3) is 3.53. The zero-order valence-electron chi connectivity index (χ0n) is 16.0. The van der Waals surface area contributed by atoms with Gasteiger partial charge in [-0.2, -0.15) is 0 Å². The van der Waals surface area contributed by atoms with Crippen LogP contribution in [0.2, 0.25) is 0 Å². The summed E-state index contributed by atoms with van der Waals surface area (Å²) in [4.78, 5) is 15.0. The van der Waals surface area contributed by atoms with Crippen molar-refractivity contribution in [3.8, 4) is 11.5 Å². The van der Waals surface area contributed by atoms with E-state index in [4.69, 9.17) is 14.2 Å². The van der Waals surface area contributed by atoms with Gasteiger partial charge in [0.2, 0.25) is 5.78 Å². The fourth-order valence-electron chi connectivity index (χ4n) is 3.58. The molecule has 2 aromatic rings. The Morgan fingerprint density at radius 1 is 1.25 bits per heavy atom. The maximum absolute atomic E-state index is 13.1. The summed E-state index contributed by atoms with van der Waals surface area (Å²) < 4.78 is 30.0. The summed E-state index contributed by atoms with van der Waals surface area (Å²) in [6.45, 7) is 4.70. The van der Waals surface area contributed by atoms with E-state index < -0.39 is 0 Å². The minimum atomic E-state index is -0.320. The highest BCUT2D eigenvalue weighted by molar-refractivity contribution is 6.15. The number of methoxy groups -OCH3 is 1. The van der Waals surface area contributed by atoms with Crippen LogP contribution in [-0.2, 0) is 11.3 Å². The van der Waals surface area contributed by atoms with Crippen LogP contribution in [0.3, 0.4) is 0 Å². The molecule has 0 amide bonds. The monoisotopic (exact) mass is 383 g/mol. The third-order valence-corrected chi connectivity index (χ3v) is 4.99. The van der Waals surface area contributed by atoms with Gasteiger partial charge >= 0.3 is 0 Å². The van der Waals surface area contributed by atoms with Gasteiger partial charge in [-0.15, -0.1) is 0 Å². The normalized spacial score (nSPS) is 17.2. The lowest BCUT2D eigenvalue weighted by Gasteiger charge is -2.30. The van der Waals surface area contributed by atoms with Gasteiger partial charge in [0, 0.05) is 37.9 Å². The van der Waals surface area contributed by atoms with Gasteiger partial charge in [0.05, 0.1) is 5.56 Å². The van der Waals surface area contributed by atoms with Crippen LogP contribution in [-0.4, -0.2) is 37.7 Å². The molecule has 0 radical (unpaired) electrons. The van der Waals surface area contributed by atoms with E-state index in [1.54, 1.807) is 25.3 Å². The van der Waals surface area contributed by atoms with Crippen LogP contribution < -0.4 is 9.47 Å². The molecule has 0 fully saturated rings. The molecule has 0 unspecified atom stereocenters. The Balaban J connectivity index is 1.59. The number of ether oxygens (including phenoxy) is 3. The zero-order chi connectivity index (χ0) is 19.7. The summed E-state index contributed by atoms with van der Waals surface area (Å²) in [5.41, 5.74) is 3.08. The minimum Gasteiger partial charge on any atom is -0.477 e. The molecule has 4 rings (SSSR count). The number of nitrogens with zero attached hydrogens (tertiary/aromatic N) is 1. The van der Waals surface area contributed by atoms with Crippen molar-refractivity contribution in [1.82, 2.24) is 4.90 Å². The third-order valence-electron chi connectivity index (χ3n) is 4.99. The highest BCUT2D eigenvalue weighted by Crippen LogP contribution is 2.43. The van der Waals surface area contributed by atoms with E-state index in [9.17, 15) is 9.18 Å². The number of carbonyl (C=O) groups excluding carboxylic acids is 1. The van der Waals surface area contributed by atoms with Crippen LogP contribution in [0.15, 0.2) is 36.1 Å². The van der Waals surface area contributed by atoms with Gasteiger partial charge in [0.1, 0.15) is 24.0 Å². The Hall–Kier alpha value is -2.70. The predicted molar refractivity (Wildman–Crippen MR) is 103 cm³/mol. The maximum atomic E-state index is 13.1. The molecule has 0 saturated heterocycles. The van der Waals surface area contributed by atoms with Gasteiger partial charge in [0.15, 0.2) is 5.76 Å². The molecule has 0 N–H and O–H groups in total. The fourth-order valence-corrected chi connectivity index (χ4v) is 3.58. The molecular formula is C22H22FNO4. The Labute approximate surface area is 163 Å². The topological polar surface area (TPSA) is 48.0 Å². The SMILES string of the molecule is COCCCN1COc2c(cc3c(c2C)O/C(=C\c2ccc(F)cc2)C3=O)C1. The van der Waals surface area contributed by atoms with Gasteiger partial charge in [0.25, 0.3) is 0 Å². The summed E-state index contributed by atoms with van der Waals surface area (Å²) in [5.74, 6) is 1.09. The van der Waals surface area contributed by atoms with Gasteiger partial charge < -0.3 is 14.2 Å². The lowest BCUT2D eigenvalue weighted by molar-refractivity contribution is 0.0826. The first-order valence-corrected chi connectivity index (χ1v) is 9.27. The second kappa shape index (κ2) is 7.73. The number of rotatable bonds is 5. The van der Waals surface area contributed by atoms with Crippen molar-refractivity contribution in [3.63, 3.8) is 0 Å². The highest BCUT2D eigenvalue weighted by atomic mass is 19.1. The summed E-state index contributed by atoms with van der Waals surface area (Å²) >= 11 is 0. The molecule has 0 bridgehead atoms. The fraction of sp³-hybridized carbons (Fsp3) is 0.318. The van der Waals surface area contributed by atoms with Gasteiger partial charge in [-0.05, 0) is 43.2 Å². The van der Waals surface area contributed by atoms with Gasteiger partial charge in [-0.3, -0.25) is 9.69 Å². The molecule has 0 saturated carbocycles. The Morgan fingerprint density at radius 3 is 2.79 bits per heavy atom. The first-order chi connectivity index (χ1) is 13.6. The Bertz CT molecular complexity index is 937. The quantitative estimate of drug-likeness (QED) is 0.578. The van der Waals surface area contributed by atoms with Crippen LogP contribution in [0.25, 0.3) is 6.08 Å². The zero-order valence-corrected chi connectivity index (χ0v) is 16.0. The molecule has 0 spiro atoms. The Kier molecular flexibility index (Phi) is 5.15. The molecular weight excluding hydrogens is 361 g/mol. The second-order valence-corrected chi connectivity index (χ2v) is 7.03. The molecule has 0 aromatic heterocycles. The molecule has 2 aliphatic heterocycles. The summed E-state index contributed by atoms with van der Waals surface area (Å²) in [6.07, 6.45) is 2.56. The minimum absolute atomic E-state index is 0.165. The van der Waals surface area contributed by atoms with E-state index in [0.717, 1.165) is 36.4 Å². The lowest BCUT2D eigenvalue weighted by Crippen LogP contribution is -2.33. The van der Waals surface area contributed by atoms with Crippen LogP contribution in [0.4, 0.5) is 4.39 Å². The molecule has 146 valence electrons. The van der Waals surface area contributed by atoms with Crippen molar-refractivity contribution in [2.24, 2.45) is 0 Å².